The number of hydrogen-bond acceptors (Lipinski definition) is 0. The molecule has 256 valence electrons. The molecule has 0 bridgehead atoms. The van der Waals surface area contributed by atoms with E-state index in [0.29, 0.717) is 9.54 Å². The van der Waals surface area contributed by atoms with Crippen LogP contribution in [0.1, 0.15) is 138 Å². The zero-order chi connectivity index (χ0) is 33.8. The van der Waals surface area contributed by atoms with Gasteiger partial charge in [0, 0.05) is 0 Å². The first-order chi connectivity index (χ1) is 22.1. The third kappa shape index (κ3) is 5.97. The van der Waals surface area contributed by atoms with Crippen LogP contribution in [0.4, 0.5) is 0 Å². The maximum Gasteiger partial charge on any atom is -1.00 e. The fourth-order valence-corrected chi connectivity index (χ4v) is 19.7. The normalized spacial score (nSPS) is 20.0. The number of allylic oxidation sites excluding steroid dienone is 8. The molecule has 1 atom stereocenters. The molecular weight excluding hydrogens is 715 g/mol. The largest absolute Gasteiger partial charge is 1.00 e. The van der Waals surface area contributed by atoms with Gasteiger partial charge < -0.3 is 24.8 Å². The Morgan fingerprint density at radius 1 is 0.735 bits per heavy atom. The van der Waals surface area contributed by atoms with Crippen LogP contribution in [-0.4, -0.2) is 3.21 Å². The Bertz CT molecular complexity index is 1920. The Labute approximate surface area is 317 Å². The summed E-state index contributed by atoms with van der Waals surface area (Å²) in [5.41, 5.74) is 20.1. The molecule has 0 saturated carbocycles. The van der Waals surface area contributed by atoms with Crippen LogP contribution >= 0.6 is 0 Å². The predicted molar refractivity (Wildman–Crippen MR) is 202 cm³/mol. The van der Waals surface area contributed by atoms with E-state index < -0.39 is 21.3 Å². The van der Waals surface area contributed by atoms with Crippen LogP contribution in [0.15, 0.2) is 87.3 Å². The molecule has 3 heteroatoms. The first-order valence-corrected chi connectivity index (χ1v) is 22.0. The van der Waals surface area contributed by atoms with E-state index in [1.165, 1.54) is 56.5 Å². The molecule has 1 unspecified atom stereocenters. The van der Waals surface area contributed by atoms with Crippen molar-refractivity contribution in [2.24, 2.45) is 11.3 Å². The summed E-state index contributed by atoms with van der Waals surface area (Å²) in [6, 6.07) is 22.1. The van der Waals surface area contributed by atoms with Gasteiger partial charge in [-0.15, -0.1) is 0 Å². The van der Waals surface area contributed by atoms with Gasteiger partial charge in [0.25, 0.3) is 0 Å². The van der Waals surface area contributed by atoms with Crippen molar-refractivity contribution in [3.63, 3.8) is 0 Å². The molecule has 0 fully saturated rings. The van der Waals surface area contributed by atoms with E-state index in [9.17, 15) is 0 Å². The summed E-state index contributed by atoms with van der Waals surface area (Å²) in [4.78, 5) is 0. The maximum atomic E-state index is 2.71. The minimum Gasteiger partial charge on any atom is -1.00 e. The average Bonchev–Trinajstić information content (AvgIpc) is 3.68. The first kappa shape index (κ1) is 38.2. The van der Waals surface area contributed by atoms with Gasteiger partial charge in [-0.3, -0.25) is 0 Å². The summed E-state index contributed by atoms with van der Waals surface area (Å²) in [7, 11) is 0. The molecule has 0 nitrogen and oxygen atoms in total. The molecule has 4 aliphatic rings. The molecule has 0 N–H and O–H groups in total. The summed E-state index contributed by atoms with van der Waals surface area (Å²) >= 11 is -2.74. The first-order valence-electron chi connectivity index (χ1n) is 18.1. The quantitative estimate of drug-likeness (QED) is 0.272. The molecule has 3 aromatic carbocycles. The van der Waals surface area contributed by atoms with Gasteiger partial charge in [-0.2, -0.15) is 0 Å². The molecule has 0 saturated heterocycles. The summed E-state index contributed by atoms with van der Waals surface area (Å²) in [6.45, 7) is 29.0. The molecule has 3 aromatic rings. The van der Waals surface area contributed by atoms with Crippen molar-refractivity contribution in [2.45, 2.75) is 110 Å². The third-order valence-electron chi connectivity index (χ3n) is 11.9. The minimum atomic E-state index is -2.74. The zero-order valence-corrected chi connectivity index (χ0v) is 35.7. The van der Waals surface area contributed by atoms with Gasteiger partial charge in [0.15, 0.2) is 0 Å². The van der Waals surface area contributed by atoms with E-state index in [4.69, 9.17) is 0 Å². The van der Waals surface area contributed by atoms with Crippen LogP contribution < -0.4 is 24.8 Å². The Morgan fingerprint density at radius 3 is 1.65 bits per heavy atom. The molecule has 0 spiro atoms. The van der Waals surface area contributed by atoms with Crippen LogP contribution in [0.2, 0.25) is 0 Å². The number of benzene rings is 3. The van der Waals surface area contributed by atoms with Gasteiger partial charge in [0.2, 0.25) is 0 Å². The molecule has 4 aliphatic carbocycles. The Balaban J connectivity index is 0.00000234. The van der Waals surface area contributed by atoms with Crippen LogP contribution in [0.25, 0.3) is 22.3 Å². The molecule has 0 aliphatic heterocycles. The van der Waals surface area contributed by atoms with Crippen LogP contribution in [0.5, 0.6) is 0 Å². The number of fused-ring (bicyclic) bond motifs is 5. The van der Waals surface area contributed by atoms with Crippen molar-refractivity contribution in [3.05, 3.63) is 126 Å². The molecule has 0 heterocycles. The van der Waals surface area contributed by atoms with Gasteiger partial charge in [-0.25, -0.2) is 0 Å². The topological polar surface area (TPSA) is 0 Å². The van der Waals surface area contributed by atoms with Crippen LogP contribution in [0, 0.1) is 11.3 Å². The molecule has 49 heavy (non-hydrogen) atoms. The van der Waals surface area contributed by atoms with Crippen LogP contribution in [0.3, 0.4) is 0 Å². The number of rotatable bonds is 5. The van der Waals surface area contributed by atoms with Crippen LogP contribution in [-0.2, 0) is 32.1 Å². The average molecular weight is 769 g/mol. The molecule has 0 amide bonds. The van der Waals surface area contributed by atoms with E-state index in [-0.39, 0.29) is 41.1 Å². The van der Waals surface area contributed by atoms with E-state index in [1.807, 2.05) is 3.28 Å². The second kappa shape index (κ2) is 13.2. The predicted octanol–water partition coefficient (Wildman–Crippen LogP) is 6.69. The van der Waals surface area contributed by atoms with Crippen molar-refractivity contribution in [3.8, 4) is 11.1 Å². The second-order valence-corrected chi connectivity index (χ2v) is 23.6. The summed E-state index contributed by atoms with van der Waals surface area (Å²) in [5, 5.41) is 0. The summed E-state index contributed by atoms with van der Waals surface area (Å²) in [5.74, 6) is 0.532. The second-order valence-electron chi connectivity index (χ2n) is 17.0. The van der Waals surface area contributed by atoms with Crippen molar-refractivity contribution in [1.82, 2.24) is 0 Å². The maximum absolute atomic E-state index is 2.74. The third-order valence-corrected chi connectivity index (χ3v) is 20.6. The van der Waals surface area contributed by atoms with E-state index in [0.717, 1.165) is 6.42 Å². The van der Waals surface area contributed by atoms with Gasteiger partial charge in [-0.1, -0.05) is 0 Å². The molecular formula is C46H54Cl2Zr. The van der Waals surface area contributed by atoms with Gasteiger partial charge in [0.1, 0.15) is 0 Å². The van der Waals surface area contributed by atoms with Gasteiger partial charge in [0.05, 0.1) is 0 Å². The van der Waals surface area contributed by atoms with E-state index >= 15 is 0 Å². The van der Waals surface area contributed by atoms with Crippen molar-refractivity contribution in [2.75, 3.05) is 0 Å². The van der Waals surface area contributed by atoms with Gasteiger partial charge >= 0.3 is 295 Å². The Morgan fingerprint density at radius 2 is 1.22 bits per heavy atom. The van der Waals surface area contributed by atoms with E-state index in [2.05, 4.69) is 156 Å². The summed E-state index contributed by atoms with van der Waals surface area (Å²) < 4.78 is 4.02. The smallest absolute Gasteiger partial charge is 1.00 e. The number of halogens is 2. The number of hydrogen-bond donors (Lipinski definition) is 0. The molecule has 0 radical (unpaired) electrons. The zero-order valence-electron chi connectivity index (χ0n) is 31.8. The molecule has 7 rings (SSSR count). The van der Waals surface area contributed by atoms with E-state index in [1.54, 1.807) is 25.5 Å². The van der Waals surface area contributed by atoms with Gasteiger partial charge in [-0.05, 0) is 0 Å². The fourth-order valence-electron chi connectivity index (χ4n) is 9.71. The van der Waals surface area contributed by atoms with Crippen molar-refractivity contribution in [1.29, 1.82) is 0 Å². The minimum absolute atomic E-state index is 0. The molecule has 0 aromatic heterocycles. The Kier molecular flexibility index (Phi) is 10.3. The van der Waals surface area contributed by atoms with Crippen molar-refractivity contribution >= 4 is 14.4 Å². The standard InChI is InChI=1S/C25H25.C13H21.C8H8.2ClH.Zr/c1-14-12-24(3,4)22-8-16-7-17-9-23-19(15(2)13-25(23,5)6)11-21(17)20(16)10-18(14)22;1-6-10-8-11(7-2)12(9-10)13(3,4)5;1-2-8-6-4-3-5-7-8;;;/h7-13H,1-6H3;9-10H,6-7H2,1-5H3;3-7H,1H3;2*1H;/q;;;;;+2/p-2. The SMILES string of the molecule is CCC1=[C](/[Zr+2](=[C](/C)c2ccccc2)[CH]2c3cc4c(cc3-c3cc5c(cc32)C(C)(C)C=C5C)C(C)=CC4(C)C)C(CC)C=C1C(C)(C)C.[Cl-].[Cl-]. The fraction of sp³-hybridized carbons (Fsp3) is 0.413. The summed E-state index contributed by atoms with van der Waals surface area (Å²) in [6.07, 6.45) is 10.0. The monoisotopic (exact) mass is 766 g/mol. The Hall–Kier alpha value is -2.05. The van der Waals surface area contributed by atoms with Crippen molar-refractivity contribution < 1.29 is 46.1 Å².